The van der Waals surface area contributed by atoms with Gasteiger partial charge in [0, 0.05) is 37.8 Å². The Morgan fingerprint density at radius 2 is 1.93 bits per heavy atom. The fraction of sp³-hybridized carbons (Fsp3) is 0.708. The average molecular weight is 386 g/mol. The van der Waals surface area contributed by atoms with Crippen LogP contribution in [-0.4, -0.2) is 54.5 Å². The topological polar surface area (TPSA) is 35.6 Å². The van der Waals surface area contributed by atoms with Crippen LogP contribution >= 0.6 is 0 Å². The fourth-order valence-electron chi connectivity index (χ4n) is 4.85. The lowest BCUT2D eigenvalue weighted by atomic mass is 9.99. The van der Waals surface area contributed by atoms with Gasteiger partial charge < -0.3 is 10.2 Å². The number of carbonyl (C=O) groups is 1. The first-order valence-electron chi connectivity index (χ1n) is 11.5. The first kappa shape index (κ1) is 21.3. The van der Waals surface area contributed by atoms with E-state index in [1.807, 2.05) is 12.1 Å². The third-order valence-electron chi connectivity index (χ3n) is 6.49. The molecule has 0 aliphatic carbocycles. The van der Waals surface area contributed by atoms with Gasteiger partial charge in [-0.3, -0.25) is 9.69 Å². The molecule has 1 N–H and O–H groups in total. The van der Waals surface area contributed by atoms with Crippen molar-refractivity contribution in [3.63, 3.8) is 0 Å². The molecule has 2 saturated heterocycles. The van der Waals surface area contributed by atoms with Crippen molar-refractivity contribution in [2.24, 2.45) is 5.92 Å². The summed E-state index contributed by atoms with van der Waals surface area (Å²) >= 11 is 0. The van der Waals surface area contributed by atoms with Crippen molar-refractivity contribution in [2.45, 2.75) is 71.4 Å². The van der Waals surface area contributed by atoms with Crippen LogP contribution in [0.2, 0.25) is 0 Å². The van der Waals surface area contributed by atoms with Gasteiger partial charge in [0.1, 0.15) is 0 Å². The van der Waals surface area contributed by atoms with E-state index in [9.17, 15) is 4.79 Å². The zero-order valence-corrected chi connectivity index (χ0v) is 18.0. The first-order valence-corrected chi connectivity index (χ1v) is 11.5. The van der Waals surface area contributed by atoms with Crippen LogP contribution in [0.25, 0.3) is 0 Å². The molecule has 2 heterocycles. The second kappa shape index (κ2) is 11.0. The average Bonchev–Trinajstić information content (AvgIpc) is 2.72. The Hall–Kier alpha value is -1.39. The molecule has 2 atom stereocenters. The van der Waals surface area contributed by atoms with E-state index in [4.69, 9.17) is 0 Å². The van der Waals surface area contributed by atoms with Gasteiger partial charge in [0.25, 0.3) is 5.91 Å². The highest BCUT2D eigenvalue weighted by molar-refractivity contribution is 5.94. The van der Waals surface area contributed by atoms with Crippen molar-refractivity contribution in [2.75, 3.05) is 32.7 Å². The molecule has 3 rings (SSSR count). The molecule has 0 aromatic heterocycles. The highest BCUT2D eigenvalue weighted by Crippen LogP contribution is 2.20. The van der Waals surface area contributed by atoms with Gasteiger partial charge in [-0.25, -0.2) is 0 Å². The van der Waals surface area contributed by atoms with Crippen LogP contribution in [0.4, 0.5) is 0 Å². The summed E-state index contributed by atoms with van der Waals surface area (Å²) < 4.78 is 0. The normalized spacial score (nSPS) is 24.2. The lowest BCUT2D eigenvalue weighted by molar-refractivity contribution is 0.0947. The van der Waals surface area contributed by atoms with Crippen LogP contribution in [0.15, 0.2) is 24.3 Å². The van der Waals surface area contributed by atoms with E-state index < -0.39 is 0 Å². The maximum Gasteiger partial charge on any atom is 0.251 e. The highest BCUT2D eigenvalue weighted by atomic mass is 16.1. The van der Waals surface area contributed by atoms with E-state index in [-0.39, 0.29) is 5.91 Å². The molecule has 156 valence electrons. The van der Waals surface area contributed by atoms with Gasteiger partial charge in [-0.1, -0.05) is 32.4 Å². The van der Waals surface area contributed by atoms with Crippen LogP contribution in [0, 0.1) is 5.92 Å². The minimum absolute atomic E-state index is 0.0591. The van der Waals surface area contributed by atoms with Gasteiger partial charge in [-0.2, -0.15) is 0 Å². The Kier molecular flexibility index (Phi) is 8.35. The van der Waals surface area contributed by atoms with Crippen molar-refractivity contribution < 1.29 is 4.79 Å². The van der Waals surface area contributed by atoms with Crippen LogP contribution in [0.5, 0.6) is 0 Å². The molecule has 1 aromatic rings. The smallest absolute Gasteiger partial charge is 0.251 e. The van der Waals surface area contributed by atoms with E-state index in [0.29, 0.717) is 0 Å². The summed E-state index contributed by atoms with van der Waals surface area (Å²) in [6.07, 6.45) is 8.97. The predicted molar refractivity (Wildman–Crippen MR) is 117 cm³/mol. The predicted octanol–water partition coefficient (Wildman–Crippen LogP) is 4.30. The molecule has 0 spiro atoms. The van der Waals surface area contributed by atoms with Crippen LogP contribution in [0.3, 0.4) is 0 Å². The highest BCUT2D eigenvalue weighted by Gasteiger charge is 2.20. The summed E-state index contributed by atoms with van der Waals surface area (Å²) in [5, 5.41) is 3.10. The fourth-order valence-corrected chi connectivity index (χ4v) is 4.85. The molecule has 2 fully saturated rings. The summed E-state index contributed by atoms with van der Waals surface area (Å²) in [6, 6.07) is 8.95. The molecule has 0 radical (unpaired) electrons. The molecule has 28 heavy (non-hydrogen) atoms. The molecule has 0 unspecified atom stereocenters. The molecular weight excluding hydrogens is 346 g/mol. The second-order valence-electron chi connectivity index (χ2n) is 8.88. The Morgan fingerprint density at radius 1 is 1.11 bits per heavy atom. The Morgan fingerprint density at radius 3 is 2.68 bits per heavy atom. The summed E-state index contributed by atoms with van der Waals surface area (Å²) in [5.74, 6) is 0.861. The molecule has 2 aliphatic heterocycles. The monoisotopic (exact) mass is 385 g/mol. The molecule has 4 heteroatoms. The van der Waals surface area contributed by atoms with E-state index in [1.54, 1.807) is 0 Å². The molecule has 2 aliphatic rings. The number of benzene rings is 1. The second-order valence-corrected chi connectivity index (χ2v) is 8.88. The Labute approximate surface area is 171 Å². The minimum Gasteiger partial charge on any atom is -0.352 e. The maximum atomic E-state index is 12.4. The van der Waals surface area contributed by atoms with Crippen molar-refractivity contribution in [3.8, 4) is 0 Å². The first-order chi connectivity index (χ1) is 13.7. The summed E-state index contributed by atoms with van der Waals surface area (Å²) in [7, 11) is 0. The number of likely N-dealkylation sites (tertiary alicyclic amines) is 2. The summed E-state index contributed by atoms with van der Waals surface area (Å²) in [4.78, 5) is 17.6. The van der Waals surface area contributed by atoms with Crippen molar-refractivity contribution >= 4 is 5.91 Å². The van der Waals surface area contributed by atoms with E-state index in [2.05, 4.69) is 41.1 Å². The van der Waals surface area contributed by atoms with Gasteiger partial charge in [-0.15, -0.1) is 0 Å². The van der Waals surface area contributed by atoms with Gasteiger partial charge in [0.05, 0.1) is 0 Å². The lowest BCUT2D eigenvalue weighted by Crippen LogP contribution is -2.40. The van der Waals surface area contributed by atoms with E-state index >= 15 is 0 Å². The number of nitrogens with one attached hydrogen (secondary N) is 1. The van der Waals surface area contributed by atoms with Crippen molar-refractivity contribution in [3.05, 3.63) is 35.4 Å². The van der Waals surface area contributed by atoms with Gasteiger partial charge in [-0.05, 0) is 75.2 Å². The molecule has 4 nitrogen and oxygen atoms in total. The van der Waals surface area contributed by atoms with E-state index in [1.165, 1.54) is 63.7 Å². The van der Waals surface area contributed by atoms with Gasteiger partial charge >= 0.3 is 0 Å². The Bertz CT molecular complexity index is 600. The van der Waals surface area contributed by atoms with Crippen LogP contribution < -0.4 is 5.32 Å². The largest absolute Gasteiger partial charge is 0.352 e. The molecular formula is C24H39N3O. The molecule has 1 aromatic carbocycles. The number of hydrogen-bond acceptors (Lipinski definition) is 3. The number of carbonyl (C=O) groups excluding carboxylic acids is 1. The molecule has 0 saturated carbocycles. The van der Waals surface area contributed by atoms with Crippen LogP contribution in [0.1, 0.15) is 74.7 Å². The van der Waals surface area contributed by atoms with Gasteiger partial charge in [0.15, 0.2) is 0 Å². The van der Waals surface area contributed by atoms with Gasteiger partial charge in [0.2, 0.25) is 0 Å². The molecule has 0 bridgehead atoms. The number of nitrogens with zero attached hydrogens (tertiary/aromatic N) is 2. The number of hydrogen-bond donors (Lipinski definition) is 1. The number of amides is 1. The number of piperidine rings is 2. The van der Waals surface area contributed by atoms with Crippen LogP contribution in [-0.2, 0) is 6.54 Å². The van der Waals surface area contributed by atoms with Crippen molar-refractivity contribution in [1.29, 1.82) is 0 Å². The summed E-state index contributed by atoms with van der Waals surface area (Å²) in [5.41, 5.74) is 2.08. The summed E-state index contributed by atoms with van der Waals surface area (Å²) in [6.45, 7) is 11.1. The quantitative estimate of drug-likeness (QED) is 0.678. The Balaban J connectivity index is 1.38. The molecule has 1 amide bonds. The zero-order chi connectivity index (χ0) is 19.8. The lowest BCUT2D eigenvalue weighted by Gasteiger charge is -2.35. The maximum absolute atomic E-state index is 12.4. The van der Waals surface area contributed by atoms with Crippen molar-refractivity contribution in [1.82, 2.24) is 15.1 Å². The number of rotatable bonds is 8. The zero-order valence-electron chi connectivity index (χ0n) is 18.0. The third-order valence-corrected chi connectivity index (χ3v) is 6.49. The SMILES string of the molecule is CC[C@H]1CCCCN1CCCNC(=O)c1ccc(CN2CCC[C@H](C)C2)cc1. The third kappa shape index (κ3) is 6.31. The standard InChI is InChI=1S/C24H39N3O/c1-3-23-9-4-5-16-27(23)17-7-14-25-24(28)22-12-10-21(11-13-22)19-26-15-6-8-20(2)18-26/h10-13,20,23H,3-9,14-19H2,1-2H3,(H,25,28)/t20-,23-/m0/s1. The minimum atomic E-state index is 0.0591. The van der Waals surface area contributed by atoms with E-state index in [0.717, 1.165) is 43.6 Å².